The Morgan fingerprint density at radius 2 is 1.77 bits per heavy atom. The van der Waals surface area contributed by atoms with E-state index in [2.05, 4.69) is 10.3 Å². The molecule has 210 valence electrons. The van der Waals surface area contributed by atoms with E-state index >= 15 is 0 Å². The molecule has 1 aliphatic carbocycles. The summed E-state index contributed by atoms with van der Waals surface area (Å²) in [7, 11) is -3.25. The Kier molecular flexibility index (Phi) is 7.91. The third-order valence-electron chi connectivity index (χ3n) is 8.29. The number of rotatable bonds is 6. The van der Waals surface area contributed by atoms with Crippen LogP contribution in [0.4, 0.5) is 0 Å². The van der Waals surface area contributed by atoms with Gasteiger partial charge < -0.3 is 20.9 Å². The summed E-state index contributed by atoms with van der Waals surface area (Å²) in [5.41, 5.74) is 8.56. The van der Waals surface area contributed by atoms with Crippen molar-refractivity contribution in [2.45, 2.75) is 61.8 Å². The molecule has 4 N–H and O–H groups in total. The van der Waals surface area contributed by atoms with Crippen LogP contribution in [0.1, 0.15) is 55.1 Å². The van der Waals surface area contributed by atoms with Crippen molar-refractivity contribution in [3.05, 3.63) is 71.4 Å². The normalized spacial score (nSPS) is 19.4. The molecule has 1 unspecified atom stereocenters. The summed E-state index contributed by atoms with van der Waals surface area (Å²) in [4.78, 5) is 31.8. The molecule has 1 saturated heterocycles. The third kappa shape index (κ3) is 5.58. The van der Waals surface area contributed by atoms with Crippen LogP contribution in [0.2, 0.25) is 0 Å². The van der Waals surface area contributed by atoms with Gasteiger partial charge in [0.1, 0.15) is 6.04 Å². The molecule has 39 heavy (non-hydrogen) atoms. The van der Waals surface area contributed by atoms with Gasteiger partial charge in [-0.25, -0.2) is 8.42 Å². The van der Waals surface area contributed by atoms with Crippen LogP contribution in [0.5, 0.6) is 0 Å². The Bertz CT molecular complexity index is 1490. The number of likely N-dealkylation sites (tertiary alicyclic amines) is 1. The van der Waals surface area contributed by atoms with E-state index in [0.717, 1.165) is 27.6 Å². The van der Waals surface area contributed by atoms with Crippen LogP contribution in [-0.4, -0.2) is 61.0 Å². The number of nitrogens with zero attached hydrogens (tertiary/aromatic N) is 1. The molecular formula is C29H37ClN4O4S. The number of piperidine rings is 1. The smallest absolute Gasteiger partial charge is 0.245 e. The number of aromatic amines is 1. The van der Waals surface area contributed by atoms with Crippen molar-refractivity contribution in [2.75, 3.05) is 19.3 Å². The molecule has 1 aliphatic heterocycles. The number of fused-ring (bicyclic) bond motifs is 3. The largest absolute Gasteiger partial charge is 0.361 e. The van der Waals surface area contributed by atoms with Crippen LogP contribution in [0.15, 0.2) is 54.7 Å². The number of benzene rings is 2. The fourth-order valence-corrected chi connectivity index (χ4v) is 7.42. The molecule has 0 radical (unpaired) electrons. The number of halogens is 1. The van der Waals surface area contributed by atoms with Crippen molar-refractivity contribution in [3.8, 4) is 0 Å². The van der Waals surface area contributed by atoms with Crippen LogP contribution in [-0.2, 0) is 31.3 Å². The van der Waals surface area contributed by atoms with Crippen molar-refractivity contribution >= 4 is 45.0 Å². The van der Waals surface area contributed by atoms with Crippen LogP contribution < -0.4 is 11.1 Å². The number of aromatic nitrogens is 1. The van der Waals surface area contributed by atoms with Gasteiger partial charge in [-0.05, 0) is 55.9 Å². The van der Waals surface area contributed by atoms with Gasteiger partial charge in [-0.15, -0.1) is 12.4 Å². The molecule has 0 bridgehead atoms. The number of para-hydroxylation sites is 1. The molecule has 2 atom stereocenters. The first-order valence-corrected chi connectivity index (χ1v) is 15.1. The summed E-state index contributed by atoms with van der Waals surface area (Å²) in [5, 5.41) is 3.41. The summed E-state index contributed by atoms with van der Waals surface area (Å²) in [5.74, 6) is -0.529. The van der Waals surface area contributed by atoms with Crippen LogP contribution in [0, 0.1) is 0 Å². The van der Waals surface area contributed by atoms with Crippen molar-refractivity contribution < 1.29 is 18.0 Å². The number of hydrogen-bond acceptors (Lipinski definition) is 5. The highest BCUT2D eigenvalue weighted by molar-refractivity contribution is 7.90. The van der Waals surface area contributed by atoms with Gasteiger partial charge in [-0.3, -0.25) is 9.59 Å². The van der Waals surface area contributed by atoms with Crippen LogP contribution >= 0.6 is 12.4 Å². The number of hydrogen-bond donors (Lipinski definition) is 3. The maximum atomic E-state index is 13.9. The lowest BCUT2D eigenvalue weighted by Crippen LogP contribution is -2.58. The number of sulfone groups is 1. The molecule has 1 fully saturated rings. The Balaban J connectivity index is 0.00000353. The van der Waals surface area contributed by atoms with E-state index in [1.54, 1.807) is 13.8 Å². The molecule has 2 amide bonds. The van der Waals surface area contributed by atoms with E-state index in [4.69, 9.17) is 5.73 Å². The zero-order valence-electron chi connectivity index (χ0n) is 22.6. The average molecular weight is 573 g/mol. The minimum atomic E-state index is -3.25. The third-order valence-corrected chi connectivity index (χ3v) is 9.75. The van der Waals surface area contributed by atoms with Crippen LogP contribution in [0.3, 0.4) is 0 Å². The first kappa shape index (κ1) is 29.1. The van der Waals surface area contributed by atoms with E-state index in [-0.39, 0.29) is 29.6 Å². The van der Waals surface area contributed by atoms with Gasteiger partial charge in [0.15, 0.2) is 9.84 Å². The molecule has 2 heterocycles. The highest BCUT2D eigenvalue weighted by atomic mass is 35.5. The average Bonchev–Trinajstić information content (AvgIpc) is 3.43. The number of carbonyl (C=O) groups is 2. The minimum absolute atomic E-state index is 0. The molecule has 3 aromatic rings. The van der Waals surface area contributed by atoms with Crippen molar-refractivity contribution in [3.63, 3.8) is 0 Å². The molecule has 2 aliphatic rings. The summed E-state index contributed by atoms with van der Waals surface area (Å²) in [6, 6.07) is 14.9. The fraction of sp³-hybridized carbons (Fsp3) is 0.448. The van der Waals surface area contributed by atoms with Gasteiger partial charge >= 0.3 is 0 Å². The summed E-state index contributed by atoms with van der Waals surface area (Å²) >= 11 is 0. The topological polar surface area (TPSA) is 125 Å². The second-order valence-electron chi connectivity index (χ2n) is 11.5. The van der Waals surface area contributed by atoms with E-state index in [1.807, 2.05) is 59.6 Å². The first-order valence-electron chi connectivity index (χ1n) is 13.1. The van der Waals surface area contributed by atoms with Gasteiger partial charge in [0.25, 0.3) is 0 Å². The van der Waals surface area contributed by atoms with E-state index in [1.165, 1.54) is 6.26 Å². The van der Waals surface area contributed by atoms with E-state index < -0.39 is 26.7 Å². The maximum absolute atomic E-state index is 13.9. The van der Waals surface area contributed by atoms with Gasteiger partial charge in [0.05, 0.1) is 10.8 Å². The predicted molar refractivity (Wildman–Crippen MR) is 156 cm³/mol. The second kappa shape index (κ2) is 10.6. The lowest BCUT2D eigenvalue weighted by molar-refractivity contribution is -0.138. The Morgan fingerprint density at radius 1 is 1.13 bits per heavy atom. The molecular weight excluding hydrogens is 536 g/mol. The number of carbonyl (C=O) groups excluding carboxylic acids is 2. The summed E-state index contributed by atoms with van der Waals surface area (Å²) in [6.07, 6.45) is 5.44. The van der Waals surface area contributed by atoms with E-state index in [9.17, 15) is 18.0 Å². The van der Waals surface area contributed by atoms with Gasteiger partial charge in [0.2, 0.25) is 11.8 Å². The number of nitrogens with two attached hydrogens (primary N) is 1. The lowest BCUT2D eigenvalue weighted by Gasteiger charge is -2.41. The maximum Gasteiger partial charge on any atom is 0.245 e. The summed E-state index contributed by atoms with van der Waals surface area (Å²) in [6.45, 7) is 4.23. The minimum Gasteiger partial charge on any atom is -0.361 e. The Hall–Kier alpha value is -2.88. The predicted octanol–water partition coefficient (Wildman–Crippen LogP) is 3.40. The molecule has 1 spiro atoms. The van der Waals surface area contributed by atoms with Crippen molar-refractivity contribution in [1.82, 2.24) is 15.2 Å². The highest BCUT2D eigenvalue weighted by Crippen LogP contribution is 2.53. The standard InChI is InChI=1S/C29H36N4O4S.ClH/c1-28(2,30)27(35)32-24(16-19-18-31-23-11-7-5-8-20(19)23)26(34)33-14-12-29(13-15-33)17-25(38(3,36)37)21-9-4-6-10-22(21)29;/h4-11,18,24-25,31H,12-17,30H2,1-3H3,(H,32,35);1H/t24-,25?;/m1./s1. The molecule has 8 nitrogen and oxygen atoms in total. The Morgan fingerprint density at radius 3 is 2.44 bits per heavy atom. The number of amides is 2. The molecule has 5 rings (SSSR count). The fourth-order valence-electron chi connectivity index (χ4n) is 6.13. The second-order valence-corrected chi connectivity index (χ2v) is 13.8. The quantitative estimate of drug-likeness (QED) is 0.417. The molecule has 10 heteroatoms. The SMILES string of the molecule is CC(C)(N)C(=O)N[C@H](Cc1c[nH]c2ccccc12)C(=O)N1CCC2(CC1)CC(S(C)(=O)=O)c1ccccc12.Cl. The van der Waals surface area contributed by atoms with Crippen molar-refractivity contribution in [2.24, 2.45) is 5.73 Å². The molecule has 1 aromatic heterocycles. The van der Waals surface area contributed by atoms with Gasteiger partial charge in [-0.1, -0.05) is 42.5 Å². The number of H-pyrrole nitrogens is 1. The van der Waals surface area contributed by atoms with Crippen molar-refractivity contribution in [1.29, 1.82) is 0 Å². The van der Waals surface area contributed by atoms with Gasteiger partial charge in [0, 0.05) is 48.3 Å². The first-order chi connectivity index (χ1) is 17.9. The lowest BCUT2D eigenvalue weighted by atomic mass is 9.73. The highest BCUT2D eigenvalue weighted by Gasteiger charge is 2.49. The molecule has 2 aromatic carbocycles. The summed E-state index contributed by atoms with van der Waals surface area (Å²) < 4.78 is 25.2. The van der Waals surface area contributed by atoms with Gasteiger partial charge in [-0.2, -0.15) is 0 Å². The van der Waals surface area contributed by atoms with Crippen LogP contribution in [0.25, 0.3) is 10.9 Å². The molecule has 0 saturated carbocycles. The number of nitrogens with one attached hydrogen (secondary N) is 2. The monoisotopic (exact) mass is 572 g/mol. The zero-order valence-corrected chi connectivity index (χ0v) is 24.2. The van der Waals surface area contributed by atoms with E-state index in [0.29, 0.717) is 38.8 Å². The zero-order chi connectivity index (χ0) is 27.3. The Labute approximate surface area is 236 Å².